The van der Waals surface area contributed by atoms with Crippen LogP contribution in [-0.4, -0.2) is 18.7 Å². The van der Waals surface area contributed by atoms with Crippen LogP contribution >= 0.6 is 23.2 Å². The van der Waals surface area contributed by atoms with Gasteiger partial charge in [-0.25, -0.2) is 4.79 Å². The fourth-order valence-corrected chi connectivity index (χ4v) is 3.23. The van der Waals surface area contributed by atoms with E-state index in [0.717, 1.165) is 5.56 Å². The van der Waals surface area contributed by atoms with Gasteiger partial charge < -0.3 is 14.2 Å². The van der Waals surface area contributed by atoms with Crippen LogP contribution in [0.5, 0.6) is 0 Å². The van der Waals surface area contributed by atoms with E-state index in [9.17, 15) is 4.79 Å². The molecule has 0 saturated carbocycles. The third kappa shape index (κ3) is 3.42. The number of hydrogen-bond acceptors (Lipinski definition) is 4. The number of halogens is 2. The summed E-state index contributed by atoms with van der Waals surface area (Å²) < 4.78 is 16.9. The van der Waals surface area contributed by atoms with Gasteiger partial charge in [-0.15, -0.1) is 0 Å². The molecule has 126 valence electrons. The molecule has 0 aliphatic carbocycles. The molecule has 1 aliphatic rings. The summed E-state index contributed by atoms with van der Waals surface area (Å²) in [7, 11) is 0. The van der Waals surface area contributed by atoms with Crippen molar-refractivity contribution in [3.8, 4) is 0 Å². The van der Waals surface area contributed by atoms with E-state index in [1.54, 1.807) is 25.1 Å². The summed E-state index contributed by atoms with van der Waals surface area (Å²) in [6.07, 6.45) is -2.37. The molecule has 0 aromatic heterocycles. The van der Waals surface area contributed by atoms with Crippen LogP contribution in [0.15, 0.2) is 48.5 Å². The van der Waals surface area contributed by atoms with Crippen molar-refractivity contribution in [3.05, 3.63) is 69.7 Å². The van der Waals surface area contributed by atoms with E-state index in [1.807, 2.05) is 30.3 Å². The lowest BCUT2D eigenvalue weighted by molar-refractivity contribution is -0.157. The molecule has 1 heterocycles. The Morgan fingerprint density at radius 1 is 1.04 bits per heavy atom. The summed E-state index contributed by atoms with van der Waals surface area (Å²) in [4.78, 5) is 12.3. The number of ether oxygens (including phenoxy) is 3. The monoisotopic (exact) mass is 366 g/mol. The number of carbonyl (C=O) groups excluding carboxylic acids is 1. The van der Waals surface area contributed by atoms with Crippen LogP contribution in [0.25, 0.3) is 0 Å². The maximum atomic E-state index is 12.3. The summed E-state index contributed by atoms with van der Waals surface area (Å²) in [6.45, 7) is 1.98. The molecule has 0 radical (unpaired) electrons. The first-order valence-electron chi connectivity index (χ1n) is 7.58. The Morgan fingerprint density at radius 3 is 2.33 bits per heavy atom. The van der Waals surface area contributed by atoms with Gasteiger partial charge in [-0.05, 0) is 19.1 Å². The highest BCUT2D eigenvalue weighted by Crippen LogP contribution is 2.44. The quantitative estimate of drug-likeness (QED) is 0.734. The van der Waals surface area contributed by atoms with E-state index in [0.29, 0.717) is 15.6 Å². The molecule has 1 fully saturated rings. The second-order valence-electron chi connectivity index (χ2n) is 5.24. The Hall–Kier alpha value is -1.59. The molecule has 0 amide bonds. The van der Waals surface area contributed by atoms with Gasteiger partial charge >= 0.3 is 5.97 Å². The van der Waals surface area contributed by atoms with E-state index in [4.69, 9.17) is 37.4 Å². The first-order valence-corrected chi connectivity index (χ1v) is 8.33. The maximum Gasteiger partial charge on any atom is 0.338 e. The molecule has 2 aromatic carbocycles. The zero-order chi connectivity index (χ0) is 17.1. The molecule has 0 spiro atoms. The molecular weight excluding hydrogens is 351 g/mol. The van der Waals surface area contributed by atoms with E-state index in [2.05, 4.69) is 0 Å². The van der Waals surface area contributed by atoms with Gasteiger partial charge in [-0.3, -0.25) is 0 Å². The van der Waals surface area contributed by atoms with Gasteiger partial charge in [-0.1, -0.05) is 59.6 Å². The van der Waals surface area contributed by atoms with Gasteiger partial charge in [0.15, 0.2) is 12.4 Å². The number of carbonyl (C=O) groups is 1. The van der Waals surface area contributed by atoms with E-state index in [-0.39, 0.29) is 6.61 Å². The Kier molecular flexibility index (Phi) is 5.41. The van der Waals surface area contributed by atoms with E-state index in [1.165, 1.54) is 0 Å². The molecule has 3 rings (SSSR count). The van der Waals surface area contributed by atoms with Crippen molar-refractivity contribution in [1.82, 2.24) is 0 Å². The second kappa shape index (κ2) is 7.53. The molecule has 2 aromatic rings. The molecule has 24 heavy (non-hydrogen) atoms. The topological polar surface area (TPSA) is 44.8 Å². The van der Waals surface area contributed by atoms with Gasteiger partial charge in [0.2, 0.25) is 0 Å². The van der Waals surface area contributed by atoms with Crippen LogP contribution in [0, 0.1) is 0 Å². The first-order chi connectivity index (χ1) is 11.6. The lowest BCUT2D eigenvalue weighted by Crippen LogP contribution is -2.28. The van der Waals surface area contributed by atoms with Crippen LogP contribution in [-0.2, 0) is 19.0 Å². The largest absolute Gasteiger partial charge is 0.464 e. The molecular formula is C18H16Cl2O4. The Morgan fingerprint density at radius 2 is 1.71 bits per heavy atom. The molecule has 1 saturated heterocycles. The number of rotatable bonds is 4. The third-order valence-corrected chi connectivity index (χ3v) is 4.35. The van der Waals surface area contributed by atoms with Crippen molar-refractivity contribution < 1.29 is 19.0 Å². The van der Waals surface area contributed by atoms with Gasteiger partial charge in [0.05, 0.1) is 6.61 Å². The summed E-state index contributed by atoms with van der Waals surface area (Å²) in [5.41, 5.74) is 1.33. The Bertz CT molecular complexity index is 700. The minimum absolute atomic E-state index is 0.248. The van der Waals surface area contributed by atoms with Crippen molar-refractivity contribution in [3.63, 3.8) is 0 Å². The van der Waals surface area contributed by atoms with Crippen molar-refractivity contribution >= 4 is 29.2 Å². The summed E-state index contributed by atoms with van der Waals surface area (Å²) in [6, 6.07) is 14.5. The minimum Gasteiger partial charge on any atom is -0.464 e. The molecule has 1 aliphatic heterocycles. The molecule has 3 atom stereocenters. The fourth-order valence-electron chi connectivity index (χ4n) is 2.61. The van der Waals surface area contributed by atoms with Crippen molar-refractivity contribution in [2.75, 3.05) is 6.61 Å². The van der Waals surface area contributed by atoms with Gasteiger partial charge in [-0.2, -0.15) is 0 Å². The number of esters is 1. The number of hydrogen-bond donors (Lipinski definition) is 0. The van der Waals surface area contributed by atoms with Crippen LogP contribution in [0.4, 0.5) is 0 Å². The van der Waals surface area contributed by atoms with Gasteiger partial charge in [0.1, 0.15) is 6.10 Å². The molecule has 4 nitrogen and oxygen atoms in total. The summed E-state index contributed by atoms with van der Waals surface area (Å²) >= 11 is 12.6. The Labute approximate surface area is 150 Å². The first kappa shape index (κ1) is 17.2. The van der Waals surface area contributed by atoms with Crippen molar-refractivity contribution in [2.45, 2.75) is 25.4 Å². The normalized spacial score (nSPS) is 23.2. The lowest BCUT2D eigenvalue weighted by atomic mass is 10.0. The van der Waals surface area contributed by atoms with Crippen LogP contribution in [0.1, 0.15) is 30.4 Å². The fraction of sp³-hybridized carbons (Fsp3) is 0.278. The standard InChI is InChI=1S/C18H16Cl2O4/c1-2-22-17(21)16-15(14-12(19)9-6-10-13(14)20)23-18(24-16)11-7-4-3-5-8-11/h3-10,15-16,18H,2H2,1H3/t15-,16?,18?/m1/s1. The molecule has 0 N–H and O–H groups in total. The zero-order valence-corrected chi connectivity index (χ0v) is 14.5. The van der Waals surface area contributed by atoms with E-state index < -0.39 is 24.5 Å². The highest BCUT2D eigenvalue weighted by Gasteiger charge is 2.45. The molecule has 2 unspecified atom stereocenters. The Balaban J connectivity index is 1.96. The van der Waals surface area contributed by atoms with Gasteiger partial charge in [0.25, 0.3) is 0 Å². The van der Waals surface area contributed by atoms with Gasteiger partial charge in [0, 0.05) is 21.2 Å². The predicted molar refractivity (Wildman–Crippen MR) is 91.0 cm³/mol. The molecule has 6 heteroatoms. The van der Waals surface area contributed by atoms with E-state index >= 15 is 0 Å². The van der Waals surface area contributed by atoms with Crippen LogP contribution in [0.2, 0.25) is 10.0 Å². The maximum absolute atomic E-state index is 12.3. The minimum atomic E-state index is -0.937. The molecule has 0 bridgehead atoms. The van der Waals surface area contributed by atoms with Crippen LogP contribution < -0.4 is 0 Å². The lowest BCUT2D eigenvalue weighted by Gasteiger charge is -2.18. The van der Waals surface area contributed by atoms with Crippen LogP contribution in [0.3, 0.4) is 0 Å². The second-order valence-corrected chi connectivity index (χ2v) is 6.06. The highest BCUT2D eigenvalue weighted by atomic mass is 35.5. The zero-order valence-electron chi connectivity index (χ0n) is 12.9. The predicted octanol–water partition coefficient (Wildman–Crippen LogP) is 4.71. The smallest absolute Gasteiger partial charge is 0.338 e. The number of benzene rings is 2. The highest BCUT2D eigenvalue weighted by molar-refractivity contribution is 6.36. The third-order valence-electron chi connectivity index (χ3n) is 3.69. The summed E-state index contributed by atoms with van der Waals surface area (Å²) in [5, 5.41) is 0.832. The summed E-state index contributed by atoms with van der Waals surface area (Å²) in [5.74, 6) is -0.503. The average Bonchev–Trinajstić information content (AvgIpc) is 3.01. The SMILES string of the molecule is CCOC(=O)C1OC(c2ccccc2)O[C@@H]1c1c(Cl)cccc1Cl. The van der Waals surface area contributed by atoms with Crippen molar-refractivity contribution in [2.24, 2.45) is 0 Å². The average molecular weight is 367 g/mol. The van der Waals surface area contributed by atoms with Crippen molar-refractivity contribution in [1.29, 1.82) is 0 Å².